The summed E-state index contributed by atoms with van der Waals surface area (Å²) in [7, 11) is -4.00. The minimum atomic E-state index is -4.00. The molecule has 144 valence electrons. The van der Waals surface area contributed by atoms with Crippen LogP contribution in [0.5, 0.6) is 0 Å². The zero-order chi connectivity index (χ0) is 20.0. The van der Waals surface area contributed by atoms with Crippen molar-refractivity contribution in [2.75, 3.05) is 13.2 Å². The van der Waals surface area contributed by atoms with Gasteiger partial charge in [0.15, 0.2) is 6.61 Å². The molecule has 0 spiro atoms. The predicted molar refractivity (Wildman–Crippen MR) is 101 cm³/mol. The number of nitrogens with two attached hydrogens (primary N) is 1. The normalized spacial score (nSPS) is 12.3. The number of carbonyl (C=O) groups is 2. The maximum Gasteiger partial charge on any atom is 0.340 e. The Kier molecular flexibility index (Phi) is 6.95. The molecule has 1 atom stereocenters. The molecule has 3 N–H and O–H groups in total. The van der Waals surface area contributed by atoms with E-state index in [4.69, 9.17) is 21.5 Å². The van der Waals surface area contributed by atoms with E-state index < -0.39 is 28.5 Å². The molecule has 0 saturated carbocycles. The highest BCUT2D eigenvalue weighted by Gasteiger charge is 2.18. The van der Waals surface area contributed by atoms with Crippen LogP contribution >= 0.6 is 11.6 Å². The molecule has 2 aromatic rings. The van der Waals surface area contributed by atoms with Crippen molar-refractivity contribution < 1.29 is 22.7 Å². The number of ether oxygens (including phenoxy) is 1. The Labute approximate surface area is 162 Å². The van der Waals surface area contributed by atoms with E-state index in [0.29, 0.717) is 6.54 Å². The van der Waals surface area contributed by atoms with Crippen molar-refractivity contribution in [1.82, 2.24) is 5.32 Å². The molecule has 27 heavy (non-hydrogen) atoms. The van der Waals surface area contributed by atoms with Crippen molar-refractivity contribution in [2.45, 2.75) is 17.7 Å². The molecule has 0 aliphatic rings. The number of primary sulfonamides is 1. The van der Waals surface area contributed by atoms with Crippen molar-refractivity contribution in [3.8, 4) is 0 Å². The summed E-state index contributed by atoms with van der Waals surface area (Å²) in [6.07, 6.45) is 0. The summed E-state index contributed by atoms with van der Waals surface area (Å²) in [5.41, 5.74) is 0.884. The number of sulfonamides is 1. The van der Waals surface area contributed by atoms with E-state index in [9.17, 15) is 18.0 Å². The van der Waals surface area contributed by atoms with Crippen LogP contribution in [0.15, 0.2) is 53.4 Å². The van der Waals surface area contributed by atoms with Gasteiger partial charge in [-0.05, 0) is 29.7 Å². The zero-order valence-corrected chi connectivity index (χ0v) is 16.1. The van der Waals surface area contributed by atoms with Gasteiger partial charge in [-0.15, -0.1) is 0 Å². The quantitative estimate of drug-likeness (QED) is 0.678. The SMILES string of the molecule is CC(CNC(=O)COC(=O)c1cc(S(N)(=O)=O)ccc1Cl)c1ccccc1. The van der Waals surface area contributed by atoms with Gasteiger partial charge in [-0.3, -0.25) is 4.79 Å². The van der Waals surface area contributed by atoms with Crippen molar-refractivity contribution >= 4 is 33.5 Å². The smallest absolute Gasteiger partial charge is 0.340 e. The van der Waals surface area contributed by atoms with Crippen molar-refractivity contribution in [1.29, 1.82) is 0 Å². The topological polar surface area (TPSA) is 116 Å². The third-order valence-electron chi connectivity index (χ3n) is 3.79. The minimum absolute atomic E-state index is 0.00879. The van der Waals surface area contributed by atoms with Crippen LogP contribution in [0, 0.1) is 0 Å². The molecule has 0 fully saturated rings. The van der Waals surface area contributed by atoms with E-state index in [2.05, 4.69) is 5.32 Å². The number of nitrogens with one attached hydrogen (secondary N) is 1. The van der Waals surface area contributed by atoms with Crippen LogP contribution in [-0.2, 0) is 19.6 Å². The van der Waals surface area contributed by atoms with E-state index in [1.54, 1.807) is 0 Å². The van der Waals surface area contributed by atoms with E-state index >= 15 is 0 Å². The van der Waals surface area contributed by atoms with Crippen LogP contribution in [0.1, 0.15) is 28.8 Å². The summed E-state index contributed by atoms with van der Waals surface area (Å²) >= 11 is 5.89. The molecule has 0 aromatic heterocycles. The molecule has 0 heterocycles. The van der Waals surface area contributed by atoms with Gasteiger partial charge >= 0.3 is 5.97 Å². The van der Waals surface area contributed by atoms with Crippen molar-refractivity contribution in [3.05, 3.63) is 64.7 Å². The lowest BCUT2D eigenvalue weighted by atomic mass is 10.0. The summed E-state index contributed by atoms with van der Waals surface area (Å²) in [6, 6.07) is 13.0. The molecule has 1 unspecified atom stereocenters. The third-order valence-corrected chi connectivity index (χ3v) is 5.04. The Morgan fingerprint density at radius 2 is 1.85 bits per heavy atom. The van der Waals surface area contributed by atoms with E-state index in [-0.39, 0.29) is 21.4 Å². The molecule has 2 aromatic carbocycles. The Morgan fingerprint density at radius 1 is 1.19 bits per heavy atom. The van der Waals surface area contributed by atoms with Gasteiger partial charge in [0, 0.05) is 6.54 Å². The summed E-state index contributed by atoms with van der Waals surface area (Å²) < 4.78 is 27.6. The van der Waals surface area contributed by atoms with Crippen LogP contribution in [0.4, 0.5) is 0 Å². The average molecular weight is 411 g/mol. The number of rotatable bonds is 7. The second-order valence-corrected chi connectivity index (χ2v) is 7.85. The van der Waals surface area contributed by atoms with E-state index in [0.717, 1.165) is 11.6 Å². The molecule has 2 rings (SSSR count). The van der Waals surface area contributed by atoms with Gasteiger partial charge in [-0.1, -0.05) is 48.9 Å². The Balaban J connectivity index is 1.91. The highest BCUT2D eigenvalue weighted by Crippen LogP contribution is 2.20. The highest BCUT2D eigenvalue weighted by molar-refractivity contribution is 7.89. The van der Waals surface area contributed by atoms with Crippen LogP contribution in [0.25, 0.3) is 0 Å². The van der Waals surface area contributed by atoms with Gasteiger partial charge in [-0.2, -0.15) is 0 Å². The fourth-order valence-electron chi connectivity index (χ4n) is 2.26. The molecule has 7 nitrogen and oxygen atoms in total. The molecule has 0 radical (unpaired) electrons. The predicted octanol–water partition coefficient (Wildman–Crippen LogP) is 2.06. The summed E-state index contributed by atoms with van der Waals surface area (Å²) in [4.78, 5) is 23.7. The lowest BCUT2D eigenvalue weighted by Gasteiger charge is -2.13. The fraction of sp³-hybridized carbons (Fsp3) is 0.222. The first kappa shape index (κ1) is 20.9. The number of esters is 1. The van der Waals surface area contributed by atoms with E-state index in [1.165, 1.54) is 12.1 Å². The fourth-order valence-corrected chi connectivity index (χ4v) is 3.00. The number of hydrogen-bond donors (Lipinski definition) is 2. The standard InChI is InChI=1S/C18H19ClN2O5S/c1-12(13-5-3-2-4-6-13)10-21-17(22)11-26-18(23)15-9-14(27(20,24)25)7-8-16(15)19/h2-9,12H,10-11H2,1H3,(H,21,22)(H2,20,24,25). The van der Waals surface area contributed by atoms with Gasteiger partial charge in [-0.25, -0.2) is 18.4 Å². The molecule has 0 aliphatic heterocycles. The molecule has 0 aliphatic carbocycles. The molecule has 1 amide bonds. The lowest BCUT2D eigenvalue weighted by molar-refractivity contribution is -0.124. The largest absolute Gasteiger partial charge is 0.452 e. The highest BCUT2D eigenvalue weighted by atomic mass is 35.5. The molecule has 0 saturated heterocycles. The zero-order valence-electron chi connectivity index (χ0n) is 14.5. The number of halogens is 1. The first-order valence-corrected chi connectivity index (χ1v) is 9.92. The third kappa shape index (κ3) is 6.06. The molecular weight excluding hydrogens is 392 g/mol. The van der Waals surface area contributed by atoms with Gasteiger partial charge in [0.1, 0.15) is 0 Å². The number of hydrogen-bond acceptors (Lipinski definition) is 5. The second kappa shape index (κ2) is 8.98. The van der Waals surface area contributed by atoms with Gasteiger partial charge < -0.3 is 10.1 Å². The van der Waals surface area contributed by atoms with Gasteiger partial charge in [0.2, 0.25) is 10.0 Å². The first-order chi connectivity index (χ1) is 12.7. The molecule has 0 bridgehead atoms. The summed E-state index contributed by atoms with van der Waals surface area (Å²) in [6.45, 7) is 1.82. The number of benzene rings is 2. The monoisotopic (exact) mass is 410 g/mol. The van der Waals surface area contributed by atoms with Crippen LogP contribution in [0.2, 0.25) is 5.02 Å². The average Bonchev–Trinajstić information content (AvgIpc) is 2.64. The number of amides is 1. The summed E-state index contributed by atoms with van der Waals surface area (Å²) in [5.74, 6) is -1.31. The first-order valence-electron chi connectivity index (χ1n) is 7.99. The Morgan fingerprint density at radius 3 is 2.48 bits per heavy atom. The molecular formula is C18H19ClN2O5S. The van der Waals surface area contributed by atoms with Crippen LogP contribution in [0.3, 0.4) is 0 Å². The van der Waals surface area contributed by atoms with Crippen molar-refractivity contribution in [2.24, 2.45) is 5.14 Å². The number of carbonyl (C=O) groups excluding carboxylic acids is 2. The lowest BCUT2D eigenvalue weighted by Crippen LogP contribution is -2.31. The Hall–Kier alpha value is -2.42. The molecule has 9 heteroatoms. The van der Waals surface area contributed by atoms with Gasteiger partial charge in [0.05, 0.1) is 15.5 Å². The Bertz CT molecular complexity index is 932. The van der Waals surface area contributed by atoms with Crippen molar-refractivity contribution in [3.63, 3.8) is 0 Å². The minimum Gasteiger partial charge on any atom is -0.452 e. The summed E-state index contributed by atoms with van der Waals surface area (Å²) in [5, 5.41) is 7.69. The van der Waals surface area contributed by atoms with E-state index in [1.807, 2.05) is 37.3 Å². The van der Waals surface area contributed by atoms with Crippen LogP contribution < -0.4 is 10.5 Å². The van der Waals surface area contributed by atoms with Gasteiger partial charge in [0.25, 0.3) is 5.91 Å². The second-order valence-electron chi connectivity index (χ2n) is 5.88. The van der Waals surface area contributed by atoms with Crippen LogP contribution in [-0.4, -0.2) is 33.4 Å². The maximum atomic E-state index is 12.1. The maximum absolute atomic E-state index is 12.1.